The second-order valence-corrected chi connectivity index (χ2v) is 5.09. The Bertz CT molecular complexity index is 506. The largest absolute Gasteiger partial charge is 0.370 e. The van der Waals surface area contributed by atoms with Crippen LogP contribution in [0, 0.1) is 0 Å². The minimum absolute atomic E-state index is 0.859. The summed E-state index contributed by atoms with van der Waals surface area (Å²) in [7, 11) is 0. The first-order valence-corrected chi connectivity index (χ1v) is 7.80. The molecular weight excluding hydrogens is 270 g/mol. The number of hydrogen-bond donors (Lipinski definition) is 2. The van der Waals surface area contributed by atoms with E-state index < -0.39 is 0 Å². The van der Waals surface area contributed by atoms with Crippen molar-refractivity contribution in [2.24, 2.45) is 0 Å². The van der Waals surface area contributed by atoms with E-state index in [0.717, 1.165) is 36.9 Å². The Morgan fingerprint density at radius 2 is 2.20 bits per heavy atom. The fourth-order valence-electron chi connectivity index (χ4n) is 1.71. The molecule has 0 unspecified atom stereocenters. The molecule has 0 radical (unpaired) electrons. The Morgan fingerprint density at radius 1 is 1.25 bits per heavy atom. The maximum absolute atomic E-state index is 4.19. The predicted molar refractivity (Wildman–Crippen MR) is 82.9 cm³/mol. The van der Waals surface area contributed by atoms with Crippen molar-refractivity contribution in [1.29, 1.82) is 0 Å². The summed E-state index contributed by atoms with van der Waals surface area (Å²) in [5.74, 6) is 0.886. The molecule has 0 fully saturated rings. The summed E-state index contributed by atoms with van der Waals surface area (Å²) in [5.41, 5.74) is 1.21. The van der Waals surface area contributed by atoms with E-state index in [1.54, 1.807) is 24.3 Å². The average Bonchev–Trinajstić information content (AvgIpc) is 2.52. The summed E-state index contributed by atoms with van der Waals surface area (Å²) in [5, 5.41) is 7.68. The van der Waals surface area contributed by atoms with Crippen molar-refractivity contribution in [3.63, 3.8) is 0 Å². The van der Waals surface area contributed by atoms with Crippen molar-refractivity contribution in [1.82, 2.24) is 20.3 Å². The van der Waals surface area contributed by atoms with Gasteiger partial charge in [0.05, 0.1) is 0 Å². The van der Waals surface area contributed by atoms with E-state index in [1.165, 1.54) is 5.56 Å². The predicted octanol–water partition coefficient (Wildman–Crippen LogP) is 2.19. The van der Waals surface area contributed by atoms with E-state index in [1.807, 2.05) is 24.6 Å². The highest BCUT2D eigenvalue weighted by Gasteiger charge is 1.97. The van der Waals surface area contributed by atoms with Crippen LogP contribution in [0.3, 0.4) is 0 Å². The maximum atomic E-state index is 4.19. The first-order valence-electron chi connectivity index (χ1n) is 6.58. The second-order valence-electron chi connectivity index (χ2n) is 4.26. The van der Waals surface area contributed by atoms with Crippen LogP contribution in [0.4, 0.5) is 5.82 Å². The van der Waals surface area contributed by atoms with Crippen LogP contribution in [0.15, 0.2) is 41.9 Å². The molecule has 0 bridgehead atoms. The molecule has 6 heteroatoms. The molecule has 0 saturated heterocycles. The Morgan fingerprint density at radius 3 is 3.00 bits per heavy atom. The maximum Gasteiger partial charge on any atom is 0.130 e. The van der Waals surface area contributed by atoms with Gasteiger partial charge in [-0.25, -0.2) is 9.97 Å². The number of pyridine rings is 1. The Balaban J connectivity index is 1.59. The van der Waals surface area contributed by atoms with E-state index in [-0.39, 0.29) is 0 Å². The standard InChI is InChI=1S/C14H19N5S/c1-20-14-8-13(18-11-19-14)17-7-3-6-16-10-12-4-2-5-15-9-12/h2,4-5,8-9,11,16H,3,6-7,10H2,1H3,(H,17,18,19). The van der Waals surface area contributed by atoms with Gasteiger partial charge in [-0.3, -0.25) is 4.98 Å². The minimum Gasteiger partial charge on any atom is -0.370 e. The van der Waals surface area contributed by atoms with E-state index >= 15 is 0 Å². The van der Waals surface area contributed by atoms with E-state index in [9.17, 15) is 0 Å². The number of nitrogens with one attached hydrogen (secondary N) is 2. The van der Waals surface area contributed by atoms with Crippen LogP contribution in [0.25, 0.3) is 0 Å². The number of aromatic nitrogens is 3. The Labute approximate surface area is 123 Å². The first-order chi connectivity index (χ1) is 9.88. The number of rotatable bonds is 8. The molecule has 0 aliphatic rings. The lowest BCUT2D eigenvalue weighted by Gasteiger charge is -2.07. The zero-order chi connectivity index (χ0) is 14.0. The zero-order valence-electron chi connectivity index (χ0n) is 11.5. The Hall–Kier alpha value is -1.66. The van der Waals surface area contributed by atoms with Gasteiger partial charge in [-0.05, 0) is 30.9 Å². The van der Waals surface area contributed by atoms with Gasteiger partial charge in [0.15, 0.2) is 0 Å². The van der Waals surface area contributed by atoms with Gasteiger partial charge in [0.2, 0.25) is 0 Å². The molecule has 20 heavy (non-hydrogen) atoms. The number of anilines is 1. The molecule has 0 saturated carbocycles. The van der Waals surface area contributed by atoms with E-state index in [2.05, 4.69) is 31.7 Å². The zero-order valence-corrected chi connectivity index (χ0v) is 12.4. The highest BCUT2D eigenvalue weighted by Crippen LogP contribution is 2.13. The molecule has 0 aromatic carbocycles. The van der Waals surface area contributed by atoms with Crippen molar-refractivity contribution < 1.29 is 0 Å². The lowest BCUT2D eigenvalue weighted by Crippen LogP contribution is -2.18. The quantitative estimate of drug-likeness (QED) is 0.441. The molecule has 0 spiro atoms. The minimum atomic E-state index is 0.859. The van der Waals surface area contributed by atoms with Gasteiger partial charge >= 0.3 is 0 Å². The summed E-state index contributed by atoms with van der Waals surface area (Å²) in [6.07, 6.45) is 8.32. The van der Waals surface area contributed by atoms with Gasteiger partial charge in [-0.2, -0.15) is 0 Å². The van der Waals surface area contributed by atoms with Crippen molar-refractivity contribution in [3.8, 4) is 0 Å². The number of thioether (sulfide) groups is 1. The van der Waals surface area contributed by atoms with E-state index in [0.29, 0.717) is 0 Å². The third-order valence-electron chi connectivity index (χ3n) is 2.74. The van der Waals surface area contributed by atoms with Gasteiger partial charge < -0.3 is 10.6 Å². The molecule has 2 aromatic heterocycles. The highest BCUT2D eigenvalue weighted by molar-refractivity contribution is 7.98. The van der Waals surface area contributed by atoms with Crippen molar-refractivity contribution in [2.45, 2.75) is 18.0 Å². The third kappa shape index (κ3) is 5.14. The second kappa shape index (κ2) is 8.50. The van der Waals surface area contributed by atoms with Crippen molar-refractivity contribution in [2.75, 3.05) is 24.7 Å². The molecule has 106 valence electrons. The molecule has 0 amide bonds. The normalized spacial score (nSPS) is 10.4. The van der Waals surface area contributed by atoms with Crippen LogP contribution < -0.4 is 10.6 Å². The molecule has 2 rings (SSSR count). The molecule has 2 heterocycles. The van der Waals surface area contributed by atoms with Gasteiger partial charge in [-0.15, -0.1) is 11.8 Å². The van der Waals surface area contributed by atoms with Crippen LogP contribution in [0.5, 0.6) is 0 Å². The summed E-state index contributed by atoms with van der Waals surface area (Å²) in [6.45, 7) is 2.71. The molecular formula is C14H19N5S. The summed E-state index contributed by atoms with van der Waals surface area (Å²) in [6, 6.07) is 5.99. The number of hydrogen-bond acceptors (Lipinski definition) is 6. The lowest BCUT2D eigenvalue weighted by atomic mass is 10.3. The van der Waals surface area contributed by atoms with E-state index in [4.69, 9.17) is 0 Å². The molecule has 2 aromatic rings. The van der Waals surface area contributed by atoms with Gasteiger partial charge in [0, 0.05) is 31.5 Å². The molecule has 0 aliphatic carbocycles. The third-order valence-corrected chi connectivity index (χ3v) is 3.38. The van der Waals surface area contributed by atoms with Crippen LogP contribution in [0.1, 0.15) is 12.0 Å². The summed E-state index contributed by atoms with van der Waals surface area (Å²) < 4.78 is 0. The smallest absolute Gasteiger partial charge is 0.130 e. The van der Waals surface area contributed by atoms with Gasteiger partial charge in [-0.1, -0.05) is 6.07 Å². The van der Waals surface area contributed by atoms with Crippen LogP contribution in [0.2, 0.25) is 0 Å². The molecule has 0 aliphatic heterocycles. The Kier molecular flexibility index (Phi) is 6.26. The molecule has 2 N–H and O–H groups in total. The van der Waals surface area contributed by atoms with Gasteiger partial charge in [0.25, 0.3) is 0 Å². The molecule has 0 atom stereocenters. The fraction of sp³-hybridized carbons (Fsp3) is 0.357. The first kappa shape index (κ1) is 14.7. The highest BCUT2D eigenvalue weighted by atomic mass is 32.2. The van der Waals surface area contributed by atoms with Crippen molar-refractivity contribution >= 4 is 17.6 Å². The summed E-state index contributed by atoms with van der Waals surface area (Å²) >= 11 is 1.62. The molecule has 5 nitrogen and oxygen atoms in total. The topological polar surface area (TPSA) is 62.7 Å². The average molecular weight is 289 g/mol. The van der Waals surface area contributed by atoms with Crippen LogP contribution in [-0.2, 0) is 6.54 Å². The van der Waals surface area contributed by atoms with Gasteiger partial charge in [0.1, 0.15) is 17.2 Å². The monoisotopic (exact) mass is 289 g/mol. The summed E-state index contributed by atoms with van der Waals surface area (Å²) in [4.78, 5) is 12.4. The number of nitrogens with zero attached hydrogens (tertiary/aromatic N) is 3. The van der Waals surface area contributed by atoms with Crippen molar-refractivity contribution in [3.05, 3.63) is 42.5 Å². The lowest BCUT2D eigenvalue weighted by molar-refractivity contribution is 0.661. The van der Waals surface area contributed by atoms with Crippen LogP contribution in [-0.4, -0.2) is 34.3 Å². The SMILES string of the molecule is CSc1cc(NCCCNCc2cccnc2)ncn1. The fourth-order valence-corrected chi connectivity index (χ4v) is 2.10. The van der Waals surface area contributed by atoms with Crippen LogP contribution >= 0.6 is 11.8 Å².